The lowest BCUT2D eigenvalue weighted by Crippen LogP contribution is -2.57. The Morgan fingerprint density at radius 2 is 1.94 bits per heavy atom. The molecule has 1 saturated heterocycles. The molecule has 0 unspecified atom stereocenters. The third-order valence-electron chi connectivity index (χ3n) is 2.64. The molecular weight excluding hydrogens is 224 g/mol. The maximum atomic E-state index is 11.7. The number of nitrogens with zero attached hydrogens (tertiary/aromatic N) is 2. The number of hydrogen-bond acceptors (Lipinski definition) is 4. The van der Waals surface area contributed by atoms with Crippen LogP contribution in [0.15, 0.2) is 0 Å². The SMILES string of the molecule is COCC(=O)CN1CCN(C(C)C)C(=O)C1=O. The molecule has 0 aliphatic carbocycles. The summed E-state index contributed by atoms with van der Waals surface area (Å²) in [5, 5.41) is 0. The lowest BCUT2D eigenvalue weighted by molar-refractivity contribution is -0.158. The Labute approximate surface area is 101 Å². The molecule has 0 N–H and O–H groups in total. The number of carbonyl (C=O) groups is 3. The van der Waals surface area contributed by atoms with E-state index in [0.717, 1.165) is 0 Å². The van der Waals surface area contributed by atoms with Gasteiger partial charge in [-0.05, 0) is 13.8 Å². The summed E-state index contributed by atoms with van der Waals surface area (Å²) in [6.07, 6.45) is 0. The van der Waals surface area contributed by atoms with Gasteiger partial charge in [0.25, 0.3) is 0 Å². The van der Waals surface area contributed by atoms with Crippen molar-refractivity contribution in [2.75, 3.05) is 33.4 Å². The van der Waals surface area contributed by atoms with E-state index in [1.165, 1.54) is 16.9 Å². The van der Waals surface area contributed by atoms with Crippen molar-refractivity contribution in [3.05, 3.63) is 0 Å². The van der Waals surface area contributed by atoms with Crippen molar-refractivity contribution < 1.29 is 19.1 Å². The fraction of sp³-hybridized carbons (Fsp3) is 0.727. The Hall–Kier alpha value is -1.43. The number of hydrogen-bond donors (Lipinski definition) is 0. The van der Waals surface area contributed by atoms with Gasteiger partial charge in [0.15, 0.2) is 5.78 Å². The first-order valence-corrected chi connectivity index (χ1v) is 5.58. The van der Waals surface area contributed by atoms with Gasteiger partial charge in [0.05, 0.1) is 6.54 Å². The van der Waals surface area contributed by atoms with Crippen molar-refractivity contribution in [1.29, 1.82) is 0 Å². The molecule has 0 atom stereocenters. The lowest BCUT2D eigenvalue weighted by atomic mass is 10.2. The fourth-order valence-electron chi connectivity index (χ4n) is 1.75. The first-order chi connectivity index (χ1) is 7.97. The molecule has 1 heterocycles. The standard InChI is InChI=1S/C11H18N2O4/c1-8(2)13-5-4-12(10(15)11(13)16)6-9(14)7-17-3/h8H,4-7H2,1-3H3. The average molecular weight is 242 g/mol. The number of rotatable bonds is 5. The Bertz CT molecular complexity index is 327. The normalized spacial score (nSPS) is 16.9. The Kier molecular flexibility index (Phi) is 4.62. The molecule has 0 radical (unpaired) electrons. The molecule has 1 aliphatic heterocycles. The van der Waals surface area contributed by atoms with Crippen LogP contribution in [0.25, 0.3) is 0 Å². The van der Waals surface area contributed by atoms with Crippen molar-refractivity contribution in [1.82, 2.24) is 9.80 Å². The van der Waals surface area contributed by atoms with Crippen molar-refractivity contribution >= 4 is 17.6 Å². The van der Waals surface area contributed by atoms with Crippen molar-refractivity contribution in [2.45, 2.75) is 19.9 Å². The molecule has 0 bridgehead atoms. The first kappa shape index (κ1) is 13.6. The van der Waals surface area contributed by atoms with Crippen molar-refractivity contribution in [3.8, 4) is 0 Å². The number of carbonyl (C=O) groups excluding carboxylic acids is 3. The molecular formula is C11H18N2O4. The third-order valence-corrected chi connectivity index (χ3v) is 2.64. The van der Waals surface area contributed by atoms with Crippen LogP contribution in [-0.2, 0) is 19.1 Å². The summed E-state index contributed by atoms with van der Waals surface area (Å²) in [4.78, 5) is 37.6. The second kappa shape index (κ2) is 5.77. The highest BCUT2D eigenvalue weighted by Gasteiger charge is 2.34. The van der Waals surface area contributed by atoms with E-state index in [0.29, 0.717) is 13.1 Å². The molecule has 17 heavy (non-hydrogen) atoms. The minimum Gasteiger partial charge on any atom is -0.377 e. The van der Waals surface area contributed by atoms with Crippen LogP contribution >= 0.6 is 0 Å². The summed E-state index contributed by atoms with van der Waals surface area (Å²) in [7, 11) is 1.42. The predicted molar refractivity (Wildman–Crippen MR) is 60.3 cm³/mol. The smallest absolute Gasteiger partial charge is 0.312 e. The number of piperazine rings is 1. The molecule has 1 aliphatic rings. The van der Waals surface area contributed by atoms with Crippen LogP contribution in [0.5, 0.6) is 0 Å². The molecule has 96 valence electrons. The molecule has 0 aromatic carbocycles. The largest absolute Gasteiger partial charge is 0.377 e. The van der Waals surface area contributed by atoms with Crippen molar-refractivity contribution in [2.24, 2.45) is 0 Å². The molecule has 0 aromatic heterocycles. The molecule has 6 heteroatoms. The molecule has 0 saturated carbocycles. The fourth-order valence-corrected chi connectivity index (χ4v) is 1.75. The quantitative estimate of drug-likeness (QED) is 0.597. The molecule has 1 fully saturated rings. The van der Waals surface area contributed by atoms with E-state index in [1.807, 2.05) is 13.8 Å². The van der Waals surface area contributed by atoms with E-state index >= 15 is 0 Å². The number of ether oxygens (including phenoxy) is 1. The predicted octanol–water partition coefficient (Wildman–Crippen LogP) is -0.719. The van der Waals surface area contributed by atoms with E-state index in [1.54, 1.807) is 0 Å². The van der Waals surface area contributed by atoms with Crippen LogP contribution in [0.2, 0.25) is 0 Å². The van der Waals surface area contributed by atoms with Crippen LogP contribution in [0, 0.1) is 0 Å². The first-order valence-electron chi connectivity index (χ1n) is 5.58. The van der Waals surface area contributed by atoms with Gasteiger partial charge in [-0.15, -0.1) is 0 Å². The second-order valence-corrected chi connectivity index (χ2v) is 4.29. The highest BCUT2D eigenvalue weighted by Crippen LogP contribution is 2.08. The van der Waals surface area contributed by atoms with Gasteiger partial charge in [0, 0.05) is 26.2 Å². The molecule has 6 nitrogen and oxygen atoms in total. The number of methoxy groups -OCH3 is 1. The van der Waals surface area contributed by atoms with Gasteiger partial charge in [-0.2, -0.15) is 0 Å². The zero-order chi connectivity index (χ0) is 13.0. The van der Waals surface area contributed by atoms with Crippen LogP contribution < -0.4 is 0 Å². The van der Waals surface area contributed by atoms with Gasteiger partial charge in [0.2, 0.25) is 0 Å². The van der Waals surface area contributed by atoms with Crippen molar-refractivity contribution in [3.63, 3.8) is 0 Å². The number of amides is 2. The summed E-state index contributed by atoms with van der Waals surface area (Å²) in [6.45, 7) is 4.50. The maximum absolute atomic E-state index is 11.7. The zero-order valence-electron chi connectivity index (χ0n) is 10.4. The highest BCUT2D eigenvalue weighted by atomic mass is 16.5. The number of ketones is 1. The van der Waals surface area contributed by atoms with E-state index < -0.39 is 11.8 Å². The van der Waals surface area contributed by atoms with E-state index in [4.69, 9.17) is 0 Å². The second-order valence-electron chi connectivity index (χ2n) is 4.29. The summed E-state index contributed by atoms with van der Waals surface area (Å²) in [5.74, 6) is -1.34. The highest BCUT2D eigenvalue weighted by molar-refractivity contribution is 6.35. The zero-order valence-corrected chi connectivity index (χ0v) is 10.4. The van der Waals surface area contributed by atoms with Gasteiger partial charge in [-0.25, -0.2) is 0 Å². The Balaban J connectivity index is 2.60. The van der Waals surface area contributed by atoms with Crippen LogP contribution in [0.1, 0.15) is 13.8 Å². The monoisotopic (exact) mass is 242 g/mol. The minimum atomic E-state index is -0.602. The van der Waals surface area contributed by atoms with E-state index in [9.17, 15) is 14.4 Å². The summed E-state index contributed by atoms with van der Waals surface area (Å²) in [5.41, 5.74) is 0. The van der Waals surface area contributed by atoms with E-state index in [2.05, 4.69) is 4.74 Å². The van der Waals surface area contributed by atoms with Crippen LogP contribution in [0.4, 0.5) is 0 Å². The summed E-state index contributed by atoms with van der Waals surface area (Å²) < 4.78 is 4.68. The van der Waals surface area contributed by atoms with Gasteiger partial charge in [0.1, 0.15) is 6.61 Å². The lowest BCUT2D eigenvalue weighted by Gasteiger charge is -2.35. The third kappa shape index (κ3) is 3.26. The van der Waals surface area contributed by atoms with Crippen LogP contribution in [0.3, 0.4) is 0 Å². The van der Waals surface area contributed by atoms with Gasteiger partial charge < -0.3 is 14.5 Å². The van der Waals surface area contributed by atoms with Gasteiger partial charge in [-0.1, -0.05) is 0 Å². The molecule has 0 aromatic rings. The molecule has 0 spiro atoms. The maximum Gasteiger partial charge on any atom is 0.312 e. The van der Waals surface area contributed by atoms with E-state index in [-0.39, 0.29) is 25.0 Å². The Morgan fingerprint density at radius 1 is 1.29 bits per heavy atom. The Morgan fingerprint density at radius 3 is 2.47 bits per heavy atom. The molecule has 1 rings (SSSR count). The average Bonchev–Trinajstić information content (AvgIpc) is 2.25. The minimum absolute atomic E-state index is 0.00303. The summed E-state index contributed by atoms with van der Waals surface area (Å²) in [6, 6.07) is 0.00303. The summed E-state index contributed by atoms with van der Waals surface area (Å²) >= 11 is 0. The number of Topliss-reactive ketones (excluding diaryl/α,β-unsaturated/α-hetero) is 1. The molecule has 2 amide bonds. The van der Waals surface area contributed by atoms with Gasteiger partial charge in [-0.3, -0.25) is 14.4 Å². The van der Waals surface area contributed by atoms with Crippen LogP contribution in [-0.4, -0.2) is 66.8 Å². The topological polar surface area (TPSA) is 66.9 Å². The van der Waals surface area contributed by atoms with Gasteiger partial charge >= 0.3 is 11.8 Å².